The fraction of sp³-hybridized carbons (Fsp3) is 0.385. The first-order valence-electron chi connectivity index (χ1n) is 5.77. The van der Waals surface area contributed by atoms with Crippen LogP contribution in [0.15, 0.2) is 18.2 Å². The molecule has 0 fully saturated rings. The molecule has 0 unspecified atom stereocenters. The van der Waals surface area contributed by atoms with Gasteiger partial charge >= 0.3 is 6.18 Å². The minimum atomic E-state index is -4.35. The highest BCUT2D eigenvalue weighted by atomic mass is 32.2. The zero-order chi connectivity index (χ0) is 15.4. The van der Waals surface area contributed by atoms with Crippen LogP contribution in [0.5, 0.6) is 0 Å². The molecule has 20 heavy (non-hydrogen) atoms. The normalized spacial score (nSPS) is 11.9. The Morgan fingerprint density at radius 3 is 2.50 bits per heavy atom. The zero-order valence-electron chi connectivity index (χ0n) is 10.8. The molecule has 0 aliphatic heterocycles. The molecule has 0 spiro atoms. The Bertz CT molecular complexity index is 615. The van der Waals surface area contributed by atoms with E-state index in [9.17, 15) is 21.6 Å². The highest BCUT2D eigenvalue weighted by Gasteiger charge is 2.27. The van der Waals surface area contributed by atoms with Gasteiger partial charge in [0.05, 0.1) is 11.4 Å². The molecule has 1 rings (SSSR count). The van der Waals surface area contributed by atoms with Crippen molar-refractivity contribution in [1.29, 1.82) is 0 Å². The zero-order valence-corrected chi connectivity index (χ0v) is 11.6. The van der Waals surface area contributed by atoms with Crippen molar-refractivity contribution in [2.75, 3.05) is 10.5 Å². The summed E-state index contributed by atoms with van der Waals surface area (Å²) in [4.78, 5) is 0. The molecule has 1 aromatic rings. The third kappa shape index (κ3) is 5.53. The van der Waals surface area contributed by atoms with E-state index in [1.165, 1.54) is 6.07 Å². The van der Waals surface area contributed by atoms with Crippen molar-refractivity contribution in [3.05, 3.63) is 29.3 Å². The smallest absolute Gasteiger partial charge is 0.283 e. The quantitative estimate of drug-likeness (QED) is 0.850. The van der Waals surface area contributed by atoms with Crippen molar-refractivity contribution in [3.63, 3.8) is 0 Å². The van der Waals surface area contributed by atoms with Gasteiger partial charge in [-0.1, -0.05) is 5.92 Å². The molecule has 110 valence electrons. The monoisotopic (exact) mass is 305 g/mol. The molecular formula is C13H14F3NO2S. The summed E-state index contributed by atoms with van der Waals surface area (Å²) in [5.41, 5.74) is 1.53. The average Bonchev–Trinajstić information content (AvgIpc) is 2.29. The van der Waals surface area contributed by atoms with Gasteiger partial charge in [-0.15, -0.1) is 6.42 Å². The number of rotatable bonds is 5. The molecule has 0 atom stereocenters. The number of hydrogen-bond donors (Lipinski definition) is 1. The Labute approximate surface area is 116 Å². The highest BCUT2D eigenvalue weighted by molar-refractivity contribution is 7.92. The Balaban J connectivity index is 2.70. The van der Waals surface area contributed by atoms with Crippen LogP contribution in [-0.4, -0.2) is 20.3 Å². The summed E-state index contributed by atoms with van der Waals surface area (Å²) in [7, 11) is -3.80. The van der Waals surface area contributed by atoms with Gasteiger partial charge in [0.1, 0.15) is 0 Å². The highest BCUT2D eigenvalue weighted by Crippen LogP contribution is 2.22. The van der Waals surface area contributed by atoms with Crippen LogP contribution < -0.4 is 4.72 Å². The maximum Gasteiger partial charge on any atom is 0.389 e. The van der Waals surface area contributed by atoms with Gasteiger partial charge < -0.3 is 0 Å². The van der Waals surface area contributed by atoms with Gasteiger partial charge in [0.25, 0.3) is 0 Å². The van der Waals surface area contributed by atoms with Crippen molar-refractivity contribution >= 4 is 15.7 Å². The number of halogens is 3. The molecule has 0 heterocycles. The first-order valence-corrected chi connectivity index (χ1v) is 7.43. The maximum absolute atomic E-state index is 12.0. The van der Waals surface area contributed by atoms with Gasteiger partial charge in [-0.05, 0) is 37.1 Å². The Morgan fingerprint density at radius 2 is 2.00 bits per heavy atom. The average molecular weight is 305 g/mol. The minimum absolute atomic E-state index is 0.316. The molecule has 7 heteroatoms. The Morgan fingerprint density at radius 1 is 1.35 bits per heavy atom. The second kappa shape index (κ2) is 6.18. The molecule has 0 aliphatic rings. The van der Waals surface area contributed by atoms with Crippen LogP contribution in [0.1, 0.15) is 24.0 Å². The van der Waals surface area contributed by atoms with Crippen molar-refractivity contribution in [3.8, 4) is 12.3 Å². The molecular weight excluding hydrogens is 291 g/mol. The van der Waals surface area contributed by atoms with E-state index >= 15 is 0 Å². The van der Waals surface area contributed by atoms with Crippen LogP contribution in [0.4, 0.5) is 18.9 Å². The van der Waals surface area contributed by atoms with Gasteiger partial charge in [0.2, 0.25) is 10.0 Å². The van der Waals surface area contributed by atoms with Crippen LogP contribution in [0.2, 0.25) is 0 Å². The number of anilines is 1. The van der Waals surface area contributed by atoms with Gasteiger partial charge in [-0.2, -0.15) is 13.2 Å². The van der Waals surface area contributed by atoms with Crippen LogP contribution in [-0.2, 0) is 10.0 Å². The second-order valence-corrected chi connectivity index (χ2v) is 6.16. The van der Waals surface area contributed by atoms with Gasteiger partial charge in [-0.25, -0.2) is 8.42 Å². The topological polar surface area (TPSA) is 46.2 Å². The molecule has 0 radical (unpaired) electrons. The van der Waals surface area contributed by atoms with Crippen LogP contribution in [0.3, 0.4) is 0 Å². The van der Waals surface area contributed by atoms with Crippen molar-refractivity contribution < 1.29 is 21.6 Å². The molecule has 1 aromatic carbocycles. The molecule has 1 N–H and O–H groups in total. The Hall–Kier alpha value is -1.68. The second-order valence-electron chi connectivity index (χ2n) is 4.31. The van der Waals surface area contributed by atoms with E-state index in [2.05, 4.69) is 10.6 Å². The van der Waals surface area contributed by atoms with Crippen molar-refractivity contribution in [1.82, 2.24) is 0 Å². The van der Waals surface area contributed by atoms with Crippen LogP contribution >= 0.6 is 0 Å². The van der Waals surface area contributed by atoms with E-state index in [1.807, 2.05) is 0 Å². The molecule has 0 bridgehead atoms. The summed E-state index contributed by atoms with van der Waals surface area (Å²) >= 11 is 0. The molecule has 0 saturated carbocycles. The lowest BCUT2D eigenvalue weighted by molar-refractivity contribution is -0.134. The lowest BCUT2D eigenvalue weighted by Crippen LogP contribution is -2.19. The first-order chi connectivity index (χ1) is 9.13. The number of aryl methyl sites for hydroxylation is 1. The predicted octanol–water partition coefficient (Wildman–Crippen LogP) is 3.06. The lowest BCUT2D eigenvalue weighted by Gasteiger charge is -2.11. The molecule has 3 nitrogen and oxygen atoms in total. The number of alkyl halides is 3. The predicted molar refractivity (Wildman–Crippen MR) is 71.8 cm³/mol. The number of terminal acetylenes is 1. The summed E-state index contributed by atoms with van der Waals surface area (Å²) in [5, 5.41) is 0. The molecule has 0 aliphatic carbocycles. The summed E-state index contributed by atoms with van der Waals surface area (Å²) in [6, 6.07) is 4.67. The number of hydrogen-bond acceptors (Lipinski definition) is 2. The van der Waals surface area contributed by atoms with E-state index in [1.54, 1.807) is 19.1 Å². The Kier molecular flexibility index (Phi) is 5.06. The standard InChI is InChI=1S/C13H14F3NO2S/c1-3-11-5-6-12(10(2)9-11)17-20(18,19)8-4-7-13(14,15)16/h1,5-6,9,17H,4,7-8H2,2H3. The van der Waals surface area contributed by atoms with Gasteiger partial charge in [0, 0.05) is 12.0 Å². The summed E-state index contributed by atoms with van der Waals surface area (Å²) in [6.07, 6.45) is -0.734. The maximum atomic E-state index is 12.0. The van der Waals surface area contributed by atoms with E-state index in [-0.39, 0.29) is 0 Å². The largest absolute Gasteiger partial charge is 0.389 e. The van der Waals surface area contributed by atoms with Crippen molar-refractivity contribution in [2.24, 2.45) is 0 Å². The number of nitrogens with one attached hydrogen (secondary N) is 1. The molecule has 0 saturated heterocycles. The fourth-order valence-electron chi connectivity index (χ4n) is 1.55. The fourth-order valence-corrected chi connectivity index (χ4v) is 2.74. The van der Waals surface area contributed by atoms with Crippen LogP contribution in [0.25, 0.3) is 0 Å². The minimum Gasteiger partial charge on any atom is -0.283 e. The van der Waals surface area contributed by atoms with Gasteiger partial charge in [-0.3, -0.25) is 4.72 Å². The summed E-state index contributed by atoms with van der Waals surface area (Å²) in [6.45, 7) is 1.66. The lowest BCUT2D eigenvalue weighted by atomic mass is 10.1. The van der Waals surface area contributed by atoms with E-state index in [0.717, 1.165) is 0 Å². The third-order valence-corrected chi connectivity index (χ3v) is 3.89. The number of sulfonamides is 1. The SMILES string of the molecule is C#Cc1ccc(NS(=O)(=O)CCCC(F)(F)F)c(C)c1. The number of benzene rings is 1. The van der Waals surface area contributed by atoms with E-state index in [0.29, 0.717) is 16.8 Å². The molecule has 0 amide bonds. The van der Waals surface area contributed by atoms with Crippen LogP contribution in [0, 0.1) is 19.3 Å². The third-order valence-electron chi connectivity index (χ3n) is 2.53. The van der Waals surface area contributed by atoms with Gasteiger partial charge in [0.15, 0.2) is 0 Å². The summed E-state index contributed by atoms with van der Waals surface area (Å²) < 4.78 is 61.5. The summed E-state index contributed by atoms with van der Waals surface area (Å²) in [5.74, 6) is 1.83. The van der Waals surface area contributed by atoms with Crippen molar-refractivity contribution in [2.45, 2.75) is 25.9 Å². The van der Waals surface area contributed by atoms with E-state index < -0.39 is 34.8 Å². The molecule has 0 aromatic heterocycles. The van der Waals surface area contributed by atoms with E-state index in [4.69, 9.17) is 6.42 Å². The first kappa shape index (κ1) is 16.4.